The van der Waals surface area contributed by atoms with Crippen LogP contribution in [0, 0.1) is 13.8 Å². The molecule has 0 aromatic carbocycles. The molecule has 2 aromatic rings. The maximum atomic E-state index is 5.56. The Morgan fingerprint density at radius 2 is 2.28 bits per heavy atom. The summed E-state index contributed by atoms with van der Waals surface area (Å²) in [6, 6.07) is 3.57. The van der Waals surface area contributed by atoms with Crippen LogP contribution < -0.4 is 11.1 Å². The standard InChI is InChI=1S/C12H14N4OS/c1-7-8(2)17-11(16-7)6-15-10-5-9(12(13)18)3-4-14-10/h3-5H,6H2,1-2H3,(H2,13,18)(H,14,15). The third kappa shape index (κ3) is 2.84. The minimum atomic E-state index is 0.350. The Morgan fingerprint density at radius 1 is 1.50 bits per heavy atom. The molecule has 0 saturated carbocycles. The van der Waals surface area contributed by atoms with Crippen molar-refractivity contribution in [1.29, 1.82) is 0 Å². The van der Waals surface area contributed by atoms with E-state index in [0.717, 1.165) is 17.0 Å². The van der Waals surface area contributed by atoms with Gasteiger partial charge in [0, 0.05) is 11.8 Å². The lowest BCUT2D eigenvalue weighted by Gasteiger charge is -2.04. The molecular weight excluding hydrogens is 248 g/mol. The fourth-order valence-corrected chi connectivity index (χ4v) is 1.59. The van der Waals surface area contributed by atoms with E-state index in [1.165, 1.54) is 0 Å². The Kier molecular flexibility index (Phi) is 3.57. The highest BCUT2D eigenvalue weighted by Crippen LogP contribution is 2.11. The number of nitrogens with two attached hydrogens (primary N) is 1. The molecule has 2 aromatic heterocycles. The van der Waals surface area contributed by atoms with Crippen molar-refractivity contribution in [2.45, 2.75) is 20.4 Å². The molecule has 2 heterocycles. The Bertz CT molecular complexity index is 560. The monoisotopic (exact) mass is 262 g/mol. The molecule has 0 spiro atoms. The number of pyridine rings is 1. The summed E-state index contributed by atoms with van der Waals surface area (Å²) in [4.78, 5) is 8.80. The molecule has 0 unspecified atom stereocenters. The first-order valence-electron chi connectivity index (χ1n) is 5.49. The van der Waals surface area contributed by atoms with Crippen molar-refractivity contribution >= 4 is 23.0 Å². The summed E-state index contributed by atoms with van der Waals surface area (Å²) in [7, 11) is 0. The summed E-state index contributed by atoms with van der Waals surface area (Å²) in [5, 5.41) is 3.11. The number of oxazole rings is 1. The second-order valence-electron chi connectivity index (χ2n) is 3.90. The van der Waals surface area contributed by atoms with E-state index in [9.17, 15) is 0 Å². The van der Waals surface area contributed by atoms with Crippen LogP contribution in [-0.2, 0) is 6.54 Å². The van der Waals surface area contributed by atoms with Crippen molar-refractivity contribution in [3.63, 3.8) is 0 Å². The summed E-state index contributed by atoms with van der Waals surface area (Å²) in [6.07, 6.45) is 1.66. The molecule has 6 heteroatoms. The Labute approximate surface area is 110 Å². The molecule has 2 rings (SSSR count). The maximum Gasteiger partial charge on any atom is 0.213 e. The van der Waals surface area contributed by atoms with E-state index in [1.54, 1.807) is 18.3 Å². The van der Waals surface area contributed by atoms with Gasteiger partial charge in [0.1, 0.15) is 16.6 Å². The predicted octanol–water partition coefficient (Wildman–Crippen LogP) is 1.93. The van der Waals surface area contributed by atoms with Gasteiger partial charge in [0.15, 0.2) is 0 Å². The maximum absolute atomic E-state index is 5.56. The van der Waals surface area contributed by atoms with Crippen LogP contribution in [0.1, 0.15) is 22.9 Å². The van der Waals surface area contributed by atoms with Gasteiger partial charge < -0.3 is 15.5 Å². The quantitative estimate of drug-likeness (QED) is 0.820. The van der Waals surface area contributed by atoms with Gasteiger partial charge in [0.2, 0.25) is 5.89 Å². The van der Waals surface area contributed by atoms with Gasteiger partial charge in [-0.05, 0) is 26.0 Å². The smallest absolute Gasteiger partial charge is 0.213 e. The van der Waals surface area contributed by atoms with Crippen LogP contribution in [-0.4, -0.2) is 15.0 Å². The van der Waals surface area contributed by atoms with Crippen molar-refractivity contribution in [2.75, 3.05) is 5.32 Å². The number of anilines is 1. The second kappa shape index (κ2) is 5.14. The van der Waals surface area contributed by atoms with Crippen molar-refractivity contribution < 1.29 is 4.42 Å². The van der Waals surface area contributed by atoms with Gasteiger partial charge >= 0.3 is 0 Å². The molecule has 0 amide bonds. The SMILES string of the molecule is Cc1nc(CNc2cc(C(N)=S)ccn2)oc1C. The zero-order valence-electron chi connectivity index (χ0n) is 10.2. The number of nitrogens with zero attached hydrogens (tertiary/aromatic N) is 2. The molecular formula is C12H14N4OS. The highest BCUT2D eigenvalue weighted by molar-refractivity contribution is 7.80. The molecule has 5 nitrogen and oxygen atoms in total. The number of rotatable bonds is 4. The first-order chi connectivity index (χ1) is 8.56. The van der Waals surface area contributed by atoms with Crippen molar-refractivity contribution in [1.82, 2.24) is 9.97 Å². The van der Waals surface area contributed by atoms with E-state index in [-0.39, 0.29) is 0 Å². The number of aryl methyl sites for hydroxylation is 2. The van der Waals surface area contributed by atoms with Gasteiger partial charge in [-0.2, -0.15) is 0 Å². The molecule has 0 fully saturated rings. The highest BCUT2D eigenvalue weighted by Gasteiger charge is 2.06. The first-order valence-corrected chi connectivity index (χ1v) is 5.89. The van der Waals surface area contributed by atoms with Crippen LogP contribution in [0.15, 0.2) is 22.7 Å². The summed E-state index contributed by atoms with van der Waals surface area (Å²) in [6.45, 7) is 4.27. The molecule has 0 radical (unpaired) electrons. The lowest BCUT2D eigenvalue weighted by molar-refractivity contribution is 0.478. The molecule has 0 aliphatic carbocycles. The predicted molar refractivity (Wildman–Crippen MR) is 73.4 cm³/mol. The van der Waals surface area contributed by atoms with Crippen LogP contribution in [0.2, 0.25) is 0 Å². The van der Waals surface area contributed by atoms with Crippen molar-refractivity contribution in [2.24, 2.45) is 5.73 Å². The third-order valence-corrected chi connectivity index (χ3v) is 2.77. The molecule has 0 aliphatic rings. The second-order valence-corrected chi connectivity index (χ2v) is 4.34. The average Bonchev–Trinajstić information content (AvgIpc) is 2.67. The highest BCUT2D eigenvalue weighted by atomic mass is 32.1. The van der Waals surface area contributed by atoms with Crippen LogP contribution in [0.25, 0.3) is 0 Å². The van der Waals surface area contributed by atoms with Crippen molar-refractivity contribution in [3.05, 3.63) is 41.2 Å². The van der Waals surface area contributed by atoms with Gasteiger partial charge in [0.05, 0.1) is 12.2 Å². The minimum Gasteiger partial charge on any atom is -0.444 e. The van der Waals surface area contributed by atoms with E-state index in [0.29, 0.717) is 23.2 Å². The zero-order chi connectivity index (χ0) is 13.1. The van der Waals surface area contributed by atoms with Crippen LogP contribution >= 0.6 is 12.2 Å². The molecule has 18 heavy (non-hydrogen) atoms. The Hall–Kier alpha value is -1.95. The lowest BCUT2D eigenvalue weighted by atomic mass is 10.2. The lowest BCUT2D eigenvalue weighted by Crippen LogP contribution is -2.10. The summed E-state index contributed by atoms with van der Waals surface area (Å²) in [5.41, 5.74) is 7.24. The normalized spacial score (nSPS) is 10.3. The van der Waals surface area contributed by atoms with Gasteiger partial charge in [-0.3, -0.25) is 0 Å². The van der Waals surface area contributed by atoms with Gasteiger partial charge in [-0.25, -0.2) is 9.97 Å². The molecule has 3 N–H and O–H groups in total. The van der Waals surface area contributed by atoms with Crippen molar-refractivity contribution in [3.8, 4) is 0 Å². The molecule has 0 saturated heterocycles. The van der Waals surface area contributed by atoms with E-state index >= 15 is 0 Å². The van der Waals surface area contributed by atoms with Gasteiger partial charge in [0.25, 0.3) is 0 Å². The third-order valence-electron chi connectivity index (χ3n) is 2.54. The van der Waals surface area contributed by atoms with E-state index in [2.05, 4.69) is 15.3 Å². The number of thiocarbonyl (C=S) groups is 1. The topological polar surface area (TPSA) is 77.0 Å². The minimum absolute atomic E-state index is 0.350. The molecule has 0 aliphatic heterocycles. The van der Waals surface area contributed by atoms with E-state index < -0.39 is 0 Å². The summed E-state index contributed by atoms with van der Waals surface area (Å²) < 4.78 is 5.46. The molecule has 94 valence electrons. The summed E-state index contributed by atoms with van der Waals surface area (Å²) in [5.74, 6) is 2.15. The average molecular weight is 262 g/mol. The van der Waals surface area contributed by atoms with Gasteiger partial charge in [-0.15, -0.1) is 0 Å². The number of hydrogen-bond acceptors (Lipinski definition) is 5. The molecule has 0 bridgehead atoms. The van der Waals surface area contributed by atoms with E-state index in [1.807, 2.05) is 13.8 Å². The fraction of sp³-hybridized carbons (Fsp3) is 0.250. The fourth-order valence-electron chi connectivity index (χ4n) is 1.46. The number of hydrogen-bond donors (Lipinski definition) is 2. The Balaban J connectivity index is 2.06. The largest absolute Gasteiger partial charge is 0.444 e. The number of aromatic nitrogens is 2. The molecule has 0 atom stereocenters. The number of nitrogens with one attached hydrogen (secondary N) is 1. The van der Waals surface area contributed by atoms with E-state index in [4.69, 9.17) is 22.4 Å². The van der Waals surface area contributed by atoms with Gasteiger partial charge in [-0.1, -0.05) is 12.2 Å². The first kappa shape index (κ1) is 12.5. The Morgan fingerprint density at radius 3 is 2.89 bits per heavy atom. The zero-order valence-corrected chi connectivity index (χ0v) is 11.0. The van der Waals surface area contributed by atoms with Crippen LogP contribution in [0.5, 0.6) is 0 Å². The van der Waals surface area contributed by atoms with Crippen LogP contribution in [0.4, 0.5) is 5.82 Å². The van der Waals surface area contributed by atoms with Crippen LogP contribution in [0.3, 0.4) is 0 Å². The summed E-state index contributed by atoms with van der Waals surface area (Å²) >= 11 is 4.91.